The van der Waals surface area contributed by atoms with Crippen LogP contribution in [0.5, 0.6) is 0 Å². The topological polar surface area (TPSA) is 45.4 Å². The van der Waals surface area contributed by atoms with E-state index in [-0.39, 0.29) is 0 Å². The van der Waals surface area contributed by atoms with E-state index < -0.39 is 0 Å². The highest BCUT2D eigenvalue weighted by Gasteiger charge is 2.31. The summed E-state index contributed by atoms with van der Waals surface area (Å²) in [4.78, 5) is 9.31. The summed E-state index contributed by atoms with van der Waals surface area (Å²) in [6.07, 6.45) is 4.68. The first kappa shape index (κ1) is 11.0. The number of nitrogens with zero attached hydrogens (tertiary/aromatic N) is 3. The second-order valence-electron chi connectivity index (χ2n) is 4.96. The fourth-order valence-corrected chi connectivity index (χ4v) is 2.56. The second kappa shape index (κ2) is 4.63. The zero-order valence-electron chi connectivity index (χ0n) is 10.2. The number of nitrogens with two attached hydrogens (primary N) is 1. The molecule has 2 heterocycles. The first-order chi connectivity index (χ1) is 8.36. The molecule has 0 aromatic carbocycles. The number of rotatable bonds is 3. The number of hydrogen-bond acceptors (Lipinski definition) is 4. The molecule has 0 bridgehead atoms. The lowest BCUT2D eigenvalue weighted by Crippen LogP contribution is -2.47. The van der Waals surface area contributed by atoms with Gasteiger partial charge in [0.2, 0.25) is 0 Å². The van der Waals surface area contributed by atoms with E-state index in [4.69, 9.17) is 5.73 Å². The Hall–Kier alpha value is -1.13. The van der Waals surface area contributed by atoms with Crippen molar-refractivity contribution in [2.45, 2.75) is 25.4 Å². The number of aromatic nitrogens is 1. The van der Waals surface area contributed by atoms with Crippen molar-refractivity contribution in [1.82, 2.24) is 9.88 Å². The Balaban J connectivity index is 1.64. The van der Waals surface area contributed by atoms with Crippen LogP contribution in [0.1, 0.15) is 18.5 Å². The van der Waals surface area contributed by atoms with Gasteiger partial charge in [0.15, 0.2) is 0 Å². The van der Waals surface area contributed by atoms with E-state index in [9.17, 15) is 0 Å². The maximum absolute atomic E-state index is 5.63. The maximum Gasteiger partial charge on any atom is 0.0560 e. The zero-order chi connectivity index (χ0) is 11.7. The van der Waals surface area contributed by atoms with E-state index in [2.05, 4.69) is 26.9 Å². The average Bonchev–Trinajstić information content (AvgIpc) is 3.23. The van der Waals surface area contributed by atoms with Crippen molar-refractivity contribution in [3.05, 3.63) is 24.0 Å². The Labute approximate surface area is 102 Å². The monoisotopic (exact) mass is 232 g/mol. The van der Waals surface area contributed by atoms with Crippen LogP contribution in [0.2, 0.25) is 0 Å². The van der Waals surface area contributed by atoms with E-state index in [1.165, 1.54) is 31.6 Å². The van der Waals surface area contributed by atoms with Crippen molar-refractivity contribution in [3.63, 3.8) is 0 Å². The van der Waals surface area contributed by atoms with Crippen LogP contribution >= 0.6 is 0 Å². The molecule has 0 radical (unpaired) electrons. The lowest BCUT2D eigenvalue weighted by molar-refractivity contribution is 0.248. The Morgan fingerprint density at radius 1 is 1.24 bits per heavy atom. The average molecular weight is 232 g/mol. The van der Waals surface area contributed by atoms with Crippen molar-refractivity contribution in [2.24, 2.45) is 5.73 Å². The van der Waals surface area contributed by atoms with E-state index in [1.54, 1.807) is 0 Å². The summed E-state index contributed by atoms with van der Waals surface area (Å²) in [6, 6.07) is 5.10. The summed E-state index contributed by atoms with van der Waals surface area (Å²) < 4.78 is 0. The summed E-state index contributed by atoms with van der Waals surface area (Å²) in [5.74, 6) is 0. The molecule has 0 spiro atoms. The highest BCUT2D eigenvalue weighted by Crippen LogP contribution is 2.28. The van der Waals surface area contributed by atoms with E-state index in [1.807, 2.05) is 6.20 Å². The Morgan fingerprint density at radius 2 is 2.00 bits per heavy atom. The maximum atomic E-state index is 5.63. The predicted molar refractivity (Wildman–Crippen MR) is 68.9 cm³/mol. The van der Waals surface area contributed by atoms with Crippen LogP contribution in [0, 0.1) is 0 Å². The molecule has 92 valence electrons. The third-order valence-corrected chi connectivity index (χ3v) is 3.75. The first-order valence-electron chi connectivity index (χ1n) is 6.51. The predicted octanol–water partition coefficient (Wildman–Crippen LogP) is 0.825. The Morgan fingerprint density at radius 3 is 2.65 bits per heavy atom. The molecular weight excluding hydrogens is 212 g/mol. The van der Waals surface area contributed by atoms with E-state index in [0.29, 0.717) is 6.54 Å². The minimum absolute atomic E-state index is 0.524. The third kappa shape index (κ3) is 2.42. The molecule has 0 amide bonds. The van der Waals surface area contributed by atoms with Crippen molar-refractivity contribution < 1.29 is 0 Å². The molecule has 2 N–H and O–H groups in total. The van der Waals surface area contributed by atoms with Crippen molar-refractivity contribution in [3.8, 4) is 0 Å². The molecule has 1 saturated heterocycles. The molecule has 1 saturated carbocycles. The van der Waals surface area contributed by atoms with Gasteiger partial charge >= 0.3 is 0 Å². The molecule has 1 aliphatic heterocycles. The Bertz CT molecular complexity index is 381. The molecule has 1 aliphatic carbocycles. The van der Waals surface area contributed by atoms with Crippen molar-refractivity contribution in [1.29, 1.82) is 0 Å². The molecule has 4 nitrogen and oxygen atoms in total. The highest BCUT2D eigenvalue weighted by atomic mass is 15.3. The molecule has 17 heavy (non-hydrogen) atoms. The van der Waals surface area contributed by atoms with Gasteiger partial charge in [-0.15, -0.1) is 0 Å². The zero-order valence-corrected chi connectivity index (χ0v) is 10.2. The van der Waals surface area contributed by atoms with Crippen LogP contribution in [-0.4, -0.2) is 42.1 Å². The molecule has 3 rings (SSSR count). The van der Waals surface area contributed by atoms with Gasteiger partial charge in [0.1, 0.15) is 0 Å². The van der Waals surface area contributed by atoms with Gasteiger partial charge in [0.05, 0.1) is 5.69 Å². The molecule has 0 unspecified atom stereocenters. The standard InChI is InChI=1S/C13H20N4/c14-10-11-9-13(3-4-15-11)17-7-5-16(6-8-17)12-1-2-12/h3-4,9,12H,1-2,5-8,10,14H2. The molecule has 4 heteroatoms. The van der Waals surface area contributed by atoms with Crippen LogP contribution < -0.4 is 10.6 Å². The van der Waals surface area contributed by atoms with Gasteiger partial charge in [-0.2, -0.15) is 0 Å². The number of hydrogen-bond donors (Lipinski definition) is 1. The molecule has 2 aliphatic rings. The van der Waals surface area contributed by atoms with Gasteiger partial charge in [-0.3, -0.25) is 9.88 Å². The van der Waals surface area contributed by atoms with Gasteiger partial charge in [0, 0.05) is 50.6 Å². The van der Waals surface area contributed by atoms with Crippen LogP contribution in [0.25, 0.3) is 0 Å². The summed E-state index contributed by atoms with van der Waals surface area (Å²) in [7, 11) is 0. The van der Waals surface area contributed by atoms with Gasteiger partial charge in [-0.1, -0.05) is 0 Å². The first-order valence-corrected chi connectivity index (χ1v) is 6.51. The normalized spacial score (nSPS) is 21.8. The summed E-state index contributed by atoms with van der Waals surface area (Å²) >= 11 is 0. The molecule has 2 fully saturated rings. The Kier molecular flexibility index (Phi) is 2.99. The van der Waals surface area contributed by atoms with Crippen LogP contribution in [-0.2, 0) is 6.54 Å². The van der Waals surface area contributed by atoms with Gasteiger partial charge in [0.25, 0.3) is 0 Å². The summed E-state index contributed by atoms with van der Waals surface area (Å²) in [5, 5.41) is 0. The van der Waals surface area contributed by atoms with Gasteiger partial charge < -0.3 is 10.6 Å². The summed E-state index contributed by atoms with van der Waals surface area (Å²) in [5.41, 5.74) is 7.88. The van der Waals surface area contributed by atoms with E-state index in [0.717, 1.165) is 24.8 Å². The SMILES string of the molecule is NCc1cc(N2CCN(C3CC3)CC2)ccn1. The lowest BCUT2D eigenvalue weighted by Gasteiger charge is -2.36. The van der Waals surface area contributed by atoms with Crippen LogP contribution in [0.3, 0.4) is 0 Å². The van der Waals surface area contributed by atoms with Gasteiger partial charge in [-0.05, 0) is 25.0 Å². The third-order valence-electron chi connectivity index (χ3n) is 3.75. The van der Waals surface area contributed by atoms with E-state index >= 15 is 0 Å². The molecule has 0 atom stereocenters. The highest BCUT2D eigenvalue weighted by molar-refractivity contribution is 5.47. The van der Waals surface area contributed by atoms with Crippen LogP contribution in [0.15, 0.2) is 18.3 Å². The lowest BCUT2D eigenvalue weighted by atomic mass is 10.2. The van der Waals surface area contributed by atoms with Gasteiger partial charge in [-0.25, -0.2) is 0 Å². The minimum atomic E-state index is 0.524. The fraction of sp³-hybridized carbons (Fsp3) is 0.615. The number of pyridine rings is 1. The summed E-state index contributed by atoms with van der Waals surface area (Å²) in [6.45, 7) is 5.18. The molecule has 1 aromatic heterocycles. The number of piperazine rings is 1. The quantitative estimate of drug-likeness (QED) is 0.838. The van der Waals surface area contributed by atoms with Crippen LogP contribution in [0.4, 0.5) is 5.69 Å². The minimum Gasteiger partial charge on any atom is -0.369 e. The second-order valence-corrected chi connectivity index (χ2v) is 4.96. The largest absolute Gasteiger partial charge is 0.369 e. The number of anilines is 1. The molecule has 1 aromatic rings. The van der Waals surface area contributed by atoms with Crippen molar-refractivity contribution >= 4 is 5.69 Å². The van der Waals surface area contributed by atoms with Crippen molar-refractivity contribution in [2.75, 3.05) is 31.1 Å². The smallest absolute Gasteiger partial charge is 0.0560 e. The molecular formula is C13H20N4. The fourth-order valence-electron chi connectivity index (χ4n) is 2.56.